The summed E-state index contributed by atoms with van der Waals surface area (Å²) in [5.74, 6) is -1.79. The first-order valence-corrected chi connectivity index (χ1v) is 7.46. The van der Waals surface area contributed by atoms with Crippen LogP contribution < -0.4 is 5.32 Å². The molecule has 1 amide bonds. The molecule has 1 aromatic carbocycles. The maximum atomic E-state index is 12.0. The van der Waals surface area contributed by atoms with Crippen LogP contribution >= 0.6 is 0 Å². The van der Waals surface area contributed by atoms with Crippen LogP contribution in [-0.4, -0.2) is 38.1 Å². The van der Waals surface area contributed by atoms with Gasteiger partial charge >= 0.3 is 11.9 Å². The van der Waals surface area contributed by atoms with E-state index in [-0.39, 0.29) is 18.7 Å². The molecule has 6 heteroatoms. The minimum atomic E-state index is -0.864. The third-order valence-electron chi connectivity index (χ3n) is 3.50. The maximum absolute atomic E-state index is 12.0. The van der Waals surface area contributed by atoms with Gasteiger partial charge in [0, 0.05) is 6.42 Å². The van der Waals surface area contributed by atoms with Crippen molar-refractivity contribution in [3.8, 4) is 0 Å². The number of amides is 1. The molecule has 2 atom stereocenters. The summed E-state index contributed by atoms with van der Waals surface area (Å²) < 4.78 is 9.32. The number of esters is 2. The molecule has 0 spiro atoms. The fourth-order valence-corrected chi connectivity index (χ4v) is 2.18. The van der Waals surface area contributed by atoms with Crippen LogP contribution in [0.4, 0.5) is 0 Å². The Bertz CT molecular complexity index is 529. The number of nitrogens with one attached hydrogen (secondary N) is 1. The van der Waals surface area contributed by atoms with E-state index >= 15 is 0 Å². The molecule has 6 nitrogen and oxygen atoms in total. The molecule has 0 aliphatic heterocycles. The van der Waals surface area contributed by atoms with Gasteiger partial charge in [-0.3, -0.25) is 9.59 Å². The third-order valence-corrected chi connectivity index (χ3v) is 3.50. The van der Waals surface area contributed by atoms with E-state index in [2.05, 4.69) is 14.8 Å². The summed E-state index contributed by atoms with van der Waals surface area (Å²) in [6.07, 6.45) is 0.966. The largest absolute Gasteiger partial charge is 0.469 e. The summed E-state index contributed by atoms with van der Waals surface area (Å²) >= 11 is 0. The van der Waals surface area contributed by atoms with Gasteiger partial charge in [-0.1, -0.05) is 37.3 Å². The van der Waals surface area contributed by atoms with Gasteiger partial charge in [-0.2, -0.15) is 0 Å². The summed E-state index contributed by atoms with van der Waals surface area (Å²) in [6, 6.07) is 8.72. The first kappa shape index (κ1) is 18.7. The summed E-state index contributed by atoms with van der Waals surface area (Å²) in [4.78, 5) is 35.3. The second-order valence-corrected chi connectivity index (χ2v) is 5.29. The predicted molar refractivity (Wildman–Crippen MR) is 84.5 cm³/mol. The molecule has 1 aromatic rings. The van der Waals surface area contributed by atoms with Gasteiger partial charge in [-0.05, 0) is 18.4 Å². The van der Waals surface area contributed by atoms with Crippen LogP contribution in [0, 0.1) is 5.92 Å². The van der Waals surface area contributed by atoms with Crippen molar-refractivity contribution in [3.63, 3.8) is 0 Å². The monoisotopic (exact) mass is 321 g/mol. The van der Waals surface area contributed by atoms with Gasteiger partial charge < -0.3 is 14.8 Å². The van der Waals surface area contributed by atoms with Gasteiger partial charge in [-0.25, -0.2) is 4.79 Å². The number of benzene rings is 1. The second-order valence-electron chi connectivity index (χ2n) is 5.29. The highest BCUT2D eigenvalue weighted by Crippen LogP contribution is 2.10. The summed E-state index contributed by atoms with van der Waals surface area (Å²) in [6.45, 7) is 1.64. The lowest BCUT2D eigenvalue weighted by Crippen LogP contribution is -2.43. The van der Waals surface area contributed by atoms with Gasteiger partial charge in [-0.15, -0.1) is 0 Å². The van der Waals surface area contributed by atoms with E-state index in [0.717, 1.165) is 5.56 Å². The molecule has 1 N–H and O–H groups in total. The average Bonchev–Trinajstić information content (AvgIpc) is 2.58. The highest BCUT2D eigenvalue weighted by Gasteiger charge is 2.27. The Kier molecular flexibility index (Phi) is 7.80. The number of carbonyl (C=O) groups is 3. The van der Waals surface area contributed by atoms with E-state index in [0.29, 0.717) is 6.42 Å². The zero-order valence-corrected chi connectivity index (χ0v) is 13.7. The normalized spacial score (nSPS) is 12.8. The Balaban J connectivity index is 2.57. The van der Waals surface area contributed by atoms with Gasteiger partial charge in [0.1, 0.15) is 6.04 Å². The number of hydrogen-bond acceptors (Lipinski definition) is 5. The second kappa shape index (κ2) is 9.61. The van der Waals surface area contributed by atoms with Crippen molar-refractivity contribution >= 4 is 17.8 Å². The predicted octanol–water partition coefficient (Wildman–Crippen LogP) is 1.48. The lowest BCUT2D eigenvalue weighted by molar-refractivity contribution is -0.148. The Labute approximate surface area is 136 Å². The van der Waals surface area contributed by atoms with Crippen molar-refractivity contribution in [3.05, 3.63) is 35.9 Å². The third kappa shape index (κ3) is 6.50. The van der Waals surface area contributed by atoms with Crippen molar-refractivity contribution in [1.29, 1.82) is 0 Å². The standard InChI is InChI=1S/C17H23NO5/c1-12(16(20)22-2)11-14(17(21)23-3)18-15(19)10-9-13-7-5-4-6-8-13/h4-8,12,14H,9-11H2,1-3H3,(H,18,19)/t12-,14-/m1/s1. The zero-order chi connectivity index (χ0) is 17.2. The minimum Gasteiger partial charge on any atom is -0.469 e. The van der Waals surface area contributed by atoms with Crippen LogP contribution in [0.5, 0.6) is 0 Å². The van der Waals surface area contributed by atoms with Gasteiger partial charge in [0.15, 0.2) is 0 Å². The SMILES string of the molecule is COC(=O)[C@H](C)C[C@@H](NC(=O)CCc1ccccc1)C(=O)OC. The molecule has 126 valence electrons. The molecule has 0 saturated carbocycles. The van der Waals surface area contributed by atoms with Crippen LogP contribution in [0.3, 0.4) is 0 Å². The van der Waals surface area contributed by atoms with Gasteiger partial charge in [0.05, 0.1) is 20.1 Å². The van der Waals surface area contributed by atoms with Crippen LogP contribution in [0.2, 0.25) is 0 Å². The molecule has 0 saturated heterocycles. The Morgan fingerprint density at radius 1 is 1.04 bits per heavy atom. The molecule has 0 aliphatic carbocycles. The molecule has 0 heterocycles. The minimum absolute atomic E-state index is 0.135. The van der Waals surface area contributed by atoms with Crippen LogP contribution in [0.15, 0.2) is 30.3 Å². The van der Waals surface area contributed by atoms with E-state index in [1.165, 1.54) is 14.2 Å². The van der Waals surface area contributed by atoms with Gasteiger partial charge in [0.2, 0.25) is 5.91 Å². The van der Waals surface area contributed by atoms with E-state index in [9.17, 15) is 14.4 Å². The van der Waals surface area contributed by atoms with Crippen LogP contribution in [0.1, 0.15) is 25.3 Å². The van der Waals surface area contributed by atoms with Crippen molar-refractivity contribution in [2.45, 2.75) is 32.2 Å². The molecule has 23 heavy (non-hydrogen) atoms. The lowest BCUT2D eigenvalue weighted by atomic mass is 10.0. The first-order chi connectivity index (χ1) is 11.0. The van der Waals surface area contributed by atoms with Crippen LogP contribution in [0.25, 0.3) is 0 Å². The lowest BCUT2D eigenvalue weighted by Gasteiger charge is -2.19. The average molecular weight is 321 g/mol. The molecule has 0 bridgehead atoms. The number of rotatable bonds is 8. The number of methoxy groups -OCH3 is 2. The highest BCUT2D eigenvalue weighted by molar-refractivity contribution is 5.85. The Morgan fingerprint density at radius 2 is 1.65 bits per heavy atom. The molecular weight excluding hydrogens is 298 g/mol. The Hall–Kier alpha value is -2.37. The highest BCUT2D eigenvalue weighted by atomic mass is 16.5. The van der Waals surface area contributed by atoms with E-state index in [1.807, 2.05) is 30.3 Å². The summed E-state index contributed by atoms with van der Waals surface area (Å²) in [5, 5.41) is 2.63. The zero-order valence-electron chi connectivity index (χ0n) is 13.7. The molecular formula is C17H23NO5. The molecule has 0 aromatic heterocycles. The maximum Gasteiger partial charge on any atom is 0.328 e. The number of hydrogen-bond donors (Lipinski definition) is 1. The fourth-order valence-electron chi connectivity index (χ4n) is 2.18. The van der Waals surface area contributed by atoms with E-state index in [4.69, 9.17) is 0 Å². The molecule has 0 aliphatic rings. The van der Waals surface area contributed by atoms with Gasteiger partial charge in [0.25, 0.3) is 0 Å². The number of carbonyl (C=O) groups excluding carboxylic acids is 3. The quantitative estimate of drug-likeness (QED) is 0.733. The smallest absolute Gasteiger partial charge is 0.328 e. The molecule has 0 radical (unpaired) electrons. The number of aryl methyl sites for hydroxylation is 1. The van der Waals surface area contributed by atoms with E-state index < -0.39 is 23.9 Å². The fraction of sp³-hybridized carbons (Fsp3) is 0.471. The summed E-state index contributed by atoms with van der Waals surface area (Å²) in [5.41, 5.74) is 1.04. The molecule has 0 unspecified atom stereocenters. The molecule has 1 rings (SSSR count). The summed E-state index contributed by atoms with van der Waals surface area (Å²) in [7, 11) is 2.53. The van der Waals surface area contributed by atoms with E-state index in [1.54, 1.807) is 6.92 Å². The van der Waals surface area contributed by atoms with Crippen molar-refractivity contribution < 1.29 is 23.9 Å². The topological polar surface area (TPSA) is 81.7 Å². The molecule has 0 fully saturated rings. The van der Waals surface area contributed by atoms with Crippen LogP contribution in [-0.2, 0) is 30.3 Å². The van der Waals surface area contributed by atoms with Crippen molar-refractivity contribution in [2.24, 2.45) is 5.92 Å². The van der Waals surface area contributed by atoms with Crippen molar-refractivity contribution in [2.75, 3.05) is 14.2 Å². The Morgan fingerprint density at radius 3 is 2.22 bits per heavy atom. The first-order valence-electron chi connectivity index (χ1n) is 7.46. The van der Waals surface area contributed by atoms with Crippen molar-refractivity contribution in [1.82, 2.24) is 5.32 Å². The number of ether oxygens (including phenoxy) is 2.